The Bertz CT molecular complexity index is 3270. The Morgan fingerprint density at radius 3 is 1.37 bits per heavy atom. The summed E-state index contributed by atoms with van der Waals surface area (Å²) < 4.78 is 109. The van der Waals surface area contributed by atoms with Crippen LogP contribution in [0.25, 0.3) is 11.5 Å². The molecule has 0 radical (unpaired) electrons. The Hall–Kier alpha value is -6.35. The lowest BCUT2D eigenvalue weighted by Crippen LogP contribution is -2.56. The number of halogens is 4. The van der Waals surface area contributed by atoms with Gasteiger partial charge in [0, 0.05) is 123 Å². The number of carbonyl (C=O) groups excluding carboxylic acids is 3. The van der Waals surface area contributed by atoms with E-state index in [0.29, 0.717) is 35.5 Å². The van der Waals surface area contributed by atoms with Gasteiger partial charge in [-0.3, -0.25) is 34.2 Å². The average Bonchev–Trinajstić information content (AvgIpc) is 4.12. The summed E-state index contributed by atoms with van der Waals surface area (Å²) in [5.74, 6) is -3.25. The first-order valence-corrected chi connectivity index (χ1v) is 32.2. The second kappa shape index (κ2) is 27.8. The molecule has 4 fully saturated rings. The highest BCUT2D eigenvalue weighted by Gasteiger charge is 2.34. The molecule has 0 bridgehead atoms. The van der Waals surface area contributed by atoms with Crippen LogP contribution in [0, 0.1) is 11.6 Å². The van der Waals surface area contributed by atoms with Crippen molar-refractivity contribution in [3.8, 4) is 11.5 Å². The number of ketones is 1. The van der Waals surface area contributed by atoms with E-state index in [2.05, 4.69) is 71.3 Å². The molecule has 19 nitrogen and oxygen atoms in total. The molecule has 5 aromatic rings. The summed E-state index contributed by atoms with van der Waals surface area (Å²) in [6, 6.07) is 24.3. The van der Waals surface area contributed by atoms with Crippen LogP contribution in [0.5, 0.6) is 0 Å². The van der Waals surface area contributed by atoms with Crippen LogP contribution >= 0.6 is 0 Å². The van der Waals surface area contributed by atoms with Crippen molar-refractivity contribution < 1.29 is 53.2 Å². The smallest absolute Gasteiger partial charge is 0.324 e. The number of benzene rings is 4. The molecule has 4 atom stereocenters. The molecule has 2 N–H and O–H groups in total. The van der Waals surface area contributed by atoms with Gasteiger partial charge < -0.3 is 20.0 Å². The Kier molecular flexibility index (Phi) is 21.1. The molecular formula is C59H77F4N11O8S2. The van der Waals surface area contributed by atoms with Gasteiger partial charge in [-0.2, -0.15) is 8.78 Å². The maximum atomic E-state index is 15.3. The van der Waals surface area contributed by atoms with Gasteiger partial charge in [-0.05, 0) is 94.4 Å². The van der Waals surface area contributed by atoms with Crippen LogP contribution in [0.2, 0.25) is 0 Å². The van der Waals surface area contributed by atoms with Gasteiger partial charge in [0.2, 0.25) is 5.89 Å². The molecule has 4 saturated heterocycles. The van der Waals surface area contributed by atoms with E-state index >= 15 is 8.78 Å². The first-order chi connectivity index (χ1) is 39.9. The van der Waals surface area contributed by atoms with E-state index in [9.17, 15) is 40.0 Å². The Labute approximate surface area is 490 Å². The zero-order valence-electron chi connectivity index (χ0n) is 48.5. The van der Waals surface area contributed by atoms with Crippen LogP contribution in [-0.2, 0) is 45.9 Å². The number of rotatable bonds is 16. The highest BCUT2D eigenvalue weighted by atomic mass is 32.2. The number of likely N-dealkylation sites (N-methyl/N-ethyl adjacent to an activating group) is 2. The molecule has 4 aromatic carbocycles. The number of anilines is 2. The third kappa shape index (κ3) is 15.9. The number of amides is 4. The molecule has 0 unspecified atom stereocenters. The largest absolute Gasteiger partial charge is 0.415 e. The minimum absolute atomic E-state index is 0.0426. The predicted octanol–water partition coefficient (Wildman–Crippen LogP) is 7.32. The molecule has 4 aliphatic heterocycles. The van der Waals surface area contributed by atoms with E-state index in [1.165, 1.54) is 43.9 Å². The number of alkyl halides is 2. The number of nitrogens with zero attached hydrogens (tertiary/aromatic N) is 10. The van der Waals surface area contributed by atoms with Crippen LogP contribution < -0.4 is 15.5 Å². The van der Waals surface area contributed by atoms with Crippen molar-refractivity contribution >= 4 is 48.9 Å². The molecule has 9 rings (SSSR count). The molecule has 5 heterocycles. The van der Waals surface area contributed by atoms with Crippen molar-refractivity contribution in [2.24, 2.45) is 5.73 Å². The number of hydrogen-bond acceptors (Lipinski definition) is 15. The van der Waals surface area contributed by atoms with Gasteiger partial charge in [-0.1, -0.05) is 56.3 Å². The molecule has 456 valence electrons. The van der Waals surface area contributed by atoms with Crippen molar-refractivity contribution in [3.05, 3.63) is 130 Å². The van der Waals surface area contributed by atoms with Gasteiger partial charge >= 0.3 is 18.5 Å². The minimum atomic E-state index is -3.22. The summed E-state index contributed by atoms with van der Waals surface area (Å²) >= 11 is 0. The minimum Gasteiger partial charge on any atom is -0.415 e. The van der Waals surface area contributed by atoms with Gasteiger partial charge in [0.25, 0.3) is 5.89 Å². The fraction of sp³-hybridized carbons (Fsp3) is 0.508. The normalized spacial score (nSPS) is 21.4. The van der Waals surface area contributed by atoms with E-state index in [0.717, 1.165) is 75.6 Å². The molecule has 0 spiro atoms. The first kappa shape index (κ1) is 63.7. The topological polar surface area (TPSA) is 210 Å². The number of sulfone groups is 2. The van der Waals surface area contributed by atoms with Gasteiger partial charge in [0.05, 0.1) is 42.6 Å². The Balaban J connectivity index is 0.000000220. The first-order valence-electron chi connectivity index (χ1n) is 28.5. The summed E-state index contributed by atoms with van der Waals surface area (Å²) in [4.78, 5) is 55.0. The second-order valence-electron chi connectivity index (χ2n) is 22.3. The number of hydrogen-bond donors (Lipinski definition) is 1. The lowest BCUT2D eigenvalue weighted by atomic mass is 10.1. The summed E-state index contributed by atoms with van der Waals surface area (Å²) in [6.07, 6.45) is -2.95. The fourth-order valence-electron chi connectivity index (χ4n) is 11.8. The van der Waals surface area contributed by atoms with Gasteiger partial charge in [0.15, 0.2) is 25.5 Å². The highest BCUT2D eigenvalue weighted by molar-refractivity contribution is 7.91. The van der Waals surface area contributed by atoms with E-state index < -0.39 is 49.7 Å². The summed E-state index contributed by atoms with van der Waals surface area (Å²) in [5.41, 5.74) is 9.43. The van der Waals surface area contributed by atoms with E-state index in [1.807, 2.05) is 48.5 Å². The Morgan fingerprint density at radius 1 is 0.607 bits per heavy atom. The number of carbonyl (C=O) groups is 3. The maximum Gasteiger partial charge on any atom is 0.324 e. The third-order valence-corrected chi connectivity index (χ3v) is 19.4. The van der Waals surface area contributed by atoms with Crippen LogP contribution in [-0.4, -0.2) is 193 Å². The zero-order chi connectivity index (χ0) is 60.6. The molecule has 1 aromatic heterocycles. The number of Topliss-reactive ketones (excluding diaryl/α,β-unsaturated/α-hetero) is 1. The van der Waals surface area contributed by atoms with Crippen LogP contribution in [0.1, 0.15) is 86.5 Å². The molecule has 25 heteroatoms. The SMILES string of the molecule is CCN1[C@H](C)CN(Cc2ccc(N(Cc3ccc(-c4nnc(C(F)F)o4)cc3F)C(=O)N3CCS(=O)(=O)CC3)cc2)C[C@@H]1C.CCN1[C@H](C)CN(Cc2ccc(N(Cc3ccc(C(=O)CN)cc3F)C(=O)N3CCS(=O)(=O)CC3)cc2)C[C@@H]1C. The molecule has 0 saturated carbocycles. The maximum absolute atomic E-state index is 15.3. The fourth-order valence-corrected chi connectivity index (χ4v) is 14.2. The monoisotopic (exact) mass is 1210 g/mol. The van der Waals surface area contributed by atoms with Crippen LogP contribution in [0.15, 0.2) is 89.3 Å². The van der Waals surface area contributed by atoms with Gasteiger partial charge in [-0.15, -0.1) is 10.2 Å². The Morgan fingerprint density at radius 2 is 1.01 bits per heavy atom. The second-order valence-corrected chi connectivity index (χ2v) is 26.9. The van der Waals surface area contributed by atoms with Crippen molar-refractivity contribution in [2.45, 2.75) is 98.3 Å². The molecule has 4 aliphatic rings. The lowest BCUT2D eigenvalue weighted by Gasteiger charge is -2.44. The molecule has 84 heavy (non-hydrogen) atoms. The number of nitrogens with two attached hydrogens (primary N) is 1. The summed E-state index contributed by atoms with van der Waals surface area (Å²) in [6.45, 7) is 20.6. The van der Waals surface area contributed by atoms with E-state index in [1.54, 1.807) is 0 Å². The number of aromatic nitrogens is 2. The predicted molar refractivity (Wildman–Crippen MR) is 314 cm³/mol. The van der Waals surface area contributed by atoms with Crippen molar-refractivity contribution in [1.29, 1.82) is 0 Å². The third-order valence-electron chi connectivity index (χ3n) is 16.2. The number of urea groups is 2. The van der Waals surface area contributed by atoms with Gasteiger partial charge in [0.1, 0.15) is 11.6 Å². The summed E-state index contributed by atoms with van der Waals surface area (Å²) in [5, 5.41) is 6.85. The van der Waals surface area contributed by atoms with Crippen LogP contribution in [0.4, 0.5) is 38.5 Å². The average molecular weight is 1210 g/mol. The van der Waals surface area contributed by atoms with E-state index in [4.69, 9.17) is 10.2 Å². The standard InChI is InChI=1S/C30H37F3N6O4S.C29H40FN5O4S/c1-4-38-20(2)16-36(17-21(38)3)18-22-5-9-25(10-6-22)39(30(40)37-11-13-44(41,42)14-12-37)19-24-8-7-23(15-26(24)31)28-34-35-29(43-28)27(32)33;1-4-34-21(2)17-32(18-22(34)3)19-23-5-9-26(10-6-23)35(29(37)33-11-13-40(38,39)14-12-33)20-25-8-7-24(15-27(25)30)28(36)16-31/h5-10,15,20-21,27H,4,11-14,16-19H2,1-3H3;5-10,15,21-22H,4,11-14,16-20,31H2,1-3H3/t20-,21+;21-,22+. The van der Waals surface area contributed by atoms with Crippen molar-refractivity contribution in [2.75, 3.05) is 105 Å². The molecule has 0 aliphatic carbocycles. The van der Waals surface area contributed by atoms with E-state index in [-0.39, 0.29) is 109 Å². The van der Waals surface area contributed by atoms with Crippen molar-refractivity contribution in [1.82, 2.24) is 39.6 Å². The van der Waals surface area contributed by atoms with Crippen molar-refractivity contribution in [3.63, 3.8) is 0 Å². The highest BCUT2D eigenvalue weighted by Crippen LogP contribution is 2.30. The molecule has 4 amide bonds. The lowest BCUT2D eigenvalue weighted by molar-refractivity contribution is 0.0391. The molecular weight excluding hydrogens is 1130 g/mol. The quantitative estimate of drug-likeness (QED) is 0.0758. The zero-order valence-corrected chi connectivity index (χ0v) is 50.2. The summed E-state index contributed by atoms with van der Waals surface area (Å²) in [7, 11) is -6.40. The van der Waals surface area contributed by atoms with Gasteiger partial charge in [-0.25, -0.2) is 35.2 Å². The number of piperazine rings is 2. The van der Waals surface area contributed by atoms with Crippen LogP contribution in [0.3, 0.4) is 0 Å².